The fourth-order valence-electron chi connectivity index (χ4n) is 4.15. The van der Waals surface area contributed by atoms with E-state index in [9.17, 15) is 9.59 Å². The fraction of sp³-hybridized carbons (Fsp3) is 0.458. The maximum absolute atomic E-state index is 12.2. The van der Waals surface area contributed by atoms with Crippen LogP contribution >= 0.6 is 0 Å². The number of hydrogen-bond acceptors (Lipinski definition) is 4. The van der Waals surface area contributed by atoms with Gasteiger partial charge in [-0.2, -0.15) is 0 Å². The predicted octanol–water partition coefficient (Wildman–Crippen LogP) is 3.91. The highest BCUT2D eigenvalue weighted by Crippen LogP contribution is 2.18. The van der Waals surface area contributed by atoms with E-state index in [0.717, 1.165) is 48.7 Å². The van der Waals surface area contributed by atoms with Crippen molar-refractivity contribution >= 4 is 23.4 Å². The van der Waals surface area contributed by atoms with Gasteiger partial charge in [0.25, 0.3) is 0 Å². The summed E-state index contributed by atoms with van der Waals surface area (Å²) in [4.78, 5) is 32.8. The van der Waals surface area contributed by atoms with Crippen molar-refractivity contribution in [3.05, 3.63) is 53.7 Å². The second-order valence-electron chi connectivity index (χ2n) is 8.35. The van der Waals surface area contributed by atoms with E-state index < -0.39 is 0 Å². The van der Waals surface area contributed by atoms with Crippen molar-refractivity contribution in [1.29, 1.82) is 0 Å². The molecule has 2 aromatic rings. The number of hydrogen-bond donors (Lipinski definition) is 2. The first-order valence-corrected chi connectivity index (χ1v) is 11.3. The first-order valence-electron chi connectivity index (χ1n) is 11.3. The largest absolute Gasteiger partial charge is 0.357 e. The summed E-state index contributed by atoms with van der Waals surface area (Å²) in [6.07, 6.45) is 8.48. The first-order chi connectivity index (χ1) is 15.2. The van der Waals surface area contributed by atoms with Gasteiger partial charge in [0.05, 0.1) is 0 Å². The summed E-state index contributed by atoms with van der Waals surface area (Å²) in [6, 6.07) is 11.5. The molecule has 2 aliphatic heterocycles. The molecule has 0 radical (unpaired) electrons. The Morgan fingerprint density at radius 1 is 0.903 bits per heavy atom. The standard InChI is InChI=1S/C24H31N5O2/c30-23-6-5-15-29(23)18-19-7-10-21(11-8-19)27-24(31)26-17-20-9-12-22(25-16-20)28-13-3-1-2-4-14-28/h7-12,16H,1-6,13-15,17-18H2,(H2,26,27,31). The molecule has 164 valence electrons. The zero-order chi connectivity index (χ0) is 21.5. The molecule has 3 amide bonds. The molecule has 31 heavy (non-hydrogen) atoms. The van der Waals surface area contributed by atoms with Crippen LogP contribution in [0, 0.1) is 0 Å². The second-order valence-corrected chi connectivity index (χ2v) is 8.35. The van der Waals surface area contributed by atoms with Gasteiger partial charge in [-0.25, -0.2) is 9.78 Å². The molecule has 7 heteroatoms. The highest BCUT2D eigenvalue weighted by atomic mass is 16.2. The summed E-state index contributed by atoms with van der Waals surface area (Å²) in [5.74, 6) is 1.24. The zero-order valence-corrected chi connectivity index (χ0v) is 18.0. The molecule has 2 saturated heterocycles. The second kappa shape index (κ2) is 10.3. The van der Waals surface area contributed by atoms with E-state index in [1.165, 1.54) is 25.7 Å². The fourth-order valence-corrected chi connectivity index (χ4v) is 4.15. The minimum Gasteiger partial charge on any atom is -0.357 e. The van der Waals surface area contributed by atoms with Crippen LogP contribution in [0.5, 0.6) is 0 Å². The maximum atomic E-state index is 12.2. The number of benzene rings is 1. The number of amides is 3. The Bertz CT molecular complexity index is 874. The number of rotatable bonds is 6. The van der Waals surface area contributed by atoms with Crippen LogP contribution in [-0.4, -0.2) is 41.5 Å². The van der Waals surface area contributed by atoms with Gasteiger partial charge >= 0.3 is 6.03 Å². The van der Waals surface area contributed by atoms with Crippen LogP contribution in [0.3, 0.4) is 0 Å². The van der Waals surface area contributed by atoms with Crippen LogP contribution in [0.15, 0.2) is 42.6 Å². The van der Waals surface area contributed by atoms with E-state index in [2.05, 4.69) is 20.5 Å². The summed E-state index contributed by atoms with van der Waals surface area (Å²) in [5.41, 5.74) is 2.76. The van der Waals surface area contributed by atoms with Crippen LogP contribution in [0.1, 0.15) is 49.7 Å². The molecule has 0 unspecified atom stereocenters. The van der Waals surface area contributed by atoms with E-state index in [1.54, 1.807) is 0 Å². The smallest absolute Gasteiger partial charge is 0.319 e. The van der Waals surface area contributed by atoms with Crippen molar-refractivity contribution in [3.63, 3.8) is 0 Å². The number of aromatic nitrogens is 1. The van der Waals surface area contributed by atoms with Gasteiger partial charge in [0.2, 0.25) is 5.91 Å². The molecule has 2 fully saturated rings. The van der Waals surface area contributed by atoms with Crippen molar-refractivity contribution < 1.29 is 9.59 Å². The van der Waals surface area contributed by atoms with E-state index in [4.69, 9.17) is 0 Å². The molecule has 7 nitrogen and oxygen atoms in total. The van der Waals surface area contributed by atoms with Crippen LogP contribution in [0.25, 0.3) is 0 Å². The number of pyridine rings is 1. The molecular weight excluding hydrogens is 390 g/mol. The van der Waals surface area contributed by atoms with Crippen molar-refractivity contribution in [2.75, 3.05) is 29.9 Å². The van der Waals surface area contributed by atoms with E-state index >= 15 is 0 Å². The lowest BCUT2D eigenvalue weighted by Crippen LogP contribution is -2.28. The van der Waals surface area contributed by atoms with Gasteiger partial charge in [-0.05, 0) is 48.6 Å². The maximum Gasteiger partial charge on any atom is 0.319 e. The zero-order valence-electron chi connectivity index (χ0n) is 18.0. The lowest BCUT2D eigenvalue weighted by molar-refractivity contribution is -0.128. The molecule has 3 heterocycles. The molecule has 2 N–H and O–H groups in total. The highest BCUT2D eigenvalue weighted by molar-refractivity contribution is 5.89. The van der Waals surface area contributed by atoms with Gasteiger partial charge in [-0.1, -0.05) is 31.0 Å². The molecule has 2 aliphatic rings. The number of likely N-dealkylation sites (tertiary alicyclic amines) is 1. The topological polar surface area (TPSA) is 77.6 Å². The van der Waals surface area contributed by atoms with Crippen LogP contribution in [0.2, 0.25) is 0 Å². The average molecular weight is 422 g/mol. The Morgan fingerprint density at radius 3 is 2.29 bits per heavy atom. The summed E-state index contributed by atoms with van der Waals surface area (Å²) >= 11 is 0. The average Bonchev–Trinajstić information content (AvgIpc) is 3.02. The van der Waals surface area contributed by atoms with Crippen molar-refractivity contribution in [3.8, 4) is 0 Å². The number of carbonyl (C=O) groups is 2. The Kier molecular flexibility index (Phi) is 7.02. The van der Waals surface area contributed by atoms with Crippen LogP contribution in [-0.2, 0) is 17.9 Å². The van der Waals surface area contributed by atoms with Gasteiger partial charge in [-0.15, -0.1) is 0 Å². The summed E-state index contributed by atoms with van der Waals surface area (Å²) in [5, 5.41) is 5.73. The molecule has 1 aromatic carbocycles. The van der Waals surface area contributed by atoms with Crippen LogP contribution in [0.4, 0.5) is 16.3 Å². The minimum absolute atomic E-state index is 0.218. The van der Waals surface area contributed by atoms with Crippen molar-refractivity contribution in [1.82, 2.24) is 15.2 Å². The monoisotopic (exact) mass is 421 g/mol. The Balaban J connectivity index is 1.23. The number of urea groups is 1. The molecule has 0 aliphatic carbocycles. The SMILES string of the molecule is O=C(NCc1ccc(N2CCCCCC2)nc1)Nc1ccc(CN2CCCC2=O)cc1. The molecule has 0 spiro atoms. The Labute approximate surface area is 183 Å². The molecule has 0 atom stereocenters. The molecule has 0 saturated carbocycles. The van der Waals surface area contributed by atoms with Crippen molar-refractivity contribution in [2.24, 2.45) is 0 Å². The lowest BCUT2D eigenvalue weighted by atomic mass is 10.2. The van der Waals surface area contributed by atoms with Crippen LogP contribution < -0.4 is 15.5 Å². The molecule has 4 rings (SSSR count). The third kappa shape index (κ3) is 5.96. The quantitative estimate of drug-likeness (QED) is 0.741. The third-order valence-corrected chi connectivity index (χ3v) is 5.95. The Morgan fingerprint density at radius 2 is 1.65 bits per heavy atom. The third-order valence-electron chi connectivity index (χ3n) is 5.95. The first kappa shape index (κ1) is 21.2. The number of nitrogens with zero attached hydrogens (tertiary/aromatic N) is 3. The summed E-state index contributed by atoms with van der Waals surface area (Å²) < 4.78 is 0. The number of nitrogens with one attached hydrogen (secondary N) is 2. The Hall–Kier alpha value is -3.09. The van der Waals surface area contributed by atoms with Gasteiger partial charge in [0.1, 0.15) is 5.82 Å². The lowest BCUT2D eigenvalue weighted by Gasteiger charge is -2.21. The highest BCUT2D eigenvalue weighted by Gasteiger charge is 2.19. The molecule has 1 aromatic heterocycles. The van der Waals surface area contributed by atoms with Gasteiger partial charge in [0.15, 0.2) is 0 Å². The summed E-state index contributed by atoms with van der Waals surface area (Å²) in [7, 11) is 0. The normalized spacial score (nSPS) is 16.8. The van der Waals surface area contributed by atoms with E-state index in [1.807, 2.05) is 47.5 Å². The predicted molar refractivity (Wildman–Crippen MR) is 122 cm³/mol. The number of anilines is 2. The van der Waals surface area contributed by atoms with Gasteiger partial charge in [0, 0.05) is 51.0 Å². The van der Waals surface area contributed by atoms with Crippen molar-refractivity contribution in [2.45, 2.75) is 51.6 Å². The van der Waals surface area contributed by atoms with E-state index in [0.29, 0.717) is 19.5 Å². The summed E-state index contributed by atoms with van der Waals surface area (Å²) in [6.45, 7) is 4.02. The van der Waals surface area contributed by atoms with Gasteiger partial charge in [-0.3, -0.25) is 4.79 Å². The number of carbonyl (C=O) groups excluding carboxylic acids is 2. The van der Waals surface area contributed by atoms with E-state index in [-0.39, 0.29) is 11.9 Å². The molecule has 0 bridgehead atoms. The van der Waals surface area contributed by atoms with Gasteiger partial charge < -0.3 is 20.4 Å². The minimum atomic E-state index is -0.251. The molecular formula is C24H31N5O2.